The van der Waals surface area contributed by atoms with Gasteiger partial charge in [-0.2, -0.15) is 0 Å². The van der Waals surface area contributed by atoms with Crippen molar-refractivity contribution in [3.63, 3.8) is 0 Å². The molecule has 0 saturated carbocycles. The molecule has 106 valence electrons. The number of halogens is 2. The van der Waals surface area contributed by atoms with E-state index in [1.165, 1.54) is 25.3 Å². The fourth-order valence-electron chi connectivity index (χ4n) is 1.99. The summed E-state index contributed by atoms with van der Waals surface area (Å²) >= 11 is 0. The van der Waals surface area contributed by atoms with Gasteiger partial charge in [0.2, 0.25) is 0 Å². The van der Waals surface area contributed by atoms with Gasteiger partial charge in [0, 0.05) is 17.7 Å². The zero-order valence-electron chi connectivity index (χ0n) is 11.3. The monoisotopic (exact) mass is 278 g/mol. The predicted octanol–water partition coefficient (Wildman–Crippen LogP) is 3.73. The Morgan fingerprint density at radius 2 is 1.85 bits per heavy atom. The molecule has 1 unspecified atom stereocenters. The summed E-state index contributed by atoms with van der Waals surface area (Å²) in [5.74, 6) is -0.476. The number of hydrogen-bond donors (Lipinski definition) is 2. The van der Waals surface area contributed by atoms with Gasteiger partial charge in [-0.25, -0.2) is 8.78 Å². The minimum absolute atomic E-state index is 0.215. The molecule has 0 heterocycles. The van der Waals surface area contributed by atoms with Gasteiger partial charge in [-0.3, -0.25) is 0 Å². The highest BCUT2D eigenvalue weighted by Crippen LogP contribution is 2.30. The average Bonchev–Trinajstić information content (AvgIpc) is 2.42. The molecule has 0 aromatic heterocycles. The fourth-order valence-corrected chi connectivity index (χ4v) is 1.99. The molecular formula is C15H16F2N2O. The molecule has 0 fully saturated rings. The van der Waals surface area contributed by atoms with Crippen LogP contribution >= 0.6 is 0 Å². The van der Waals surface area contributed by atoms with Gasteiger partial charge in [-0.15, -0.1) is 0 Å². The molecule has 2 rings (SSSR count). The Kier molecular flexibility index (Phi) is 4.08. The van der Waals surface area contributed by atoms with Gasteiger partial charge in [-0.1, -0.05) is 18.2 Å². The van der Waals surface area contributed by atoms with Crippen molar-refractivity contribution >= 4 is 11.4 Å². The van der Waals surface area contributed by atoms with E-state index >= 15 is 0 Å². The lowest BCUT2D eigenvalue weighted by Crippen LogP contribution is -2.10. The van der Waals surface area contributed by atoms with Gasteiger partial charge < -0.3 is 15.8 Å². The van der Waals surface area contributed by atoms with Crippen molar-refractivity contribution in [3.05, 3.63) is 53.6 Å². The summed E-state index contributed by atoms with van der Waals surface area (Å²) in [6.45, 7) is 1.75. The van der Waals surface area contributed by atoms with Crippen LogP contribution in [0.2, 0.25) is 0 Å². The quantitative estimate of drug-likeness (QED) is 0.838. The van der Waals surface area contributed by atoms with Crippen molar-refractivity contribution in [1.82, 2.24) is 0 Å². The Bertz CT molecular complexity index is 617. The molecule has 2 aromatic rings. The Morgan fingerprint density at radius 3 is 2.50 bits per heavy atom. The first-order valence-corrected chi connectivity index (χ1v) is 6.17. The number of benzene rings is 2. The van der Waals surface area contributed by atoms with E-state index in [0.29, 0.717) is 11.3 Å². The SMILES string of the molecule is COc1cc(NC(C)c2ccccc2F)c(F)cc1N. The molecule has 0 aliphatic heterocycles. The number of nitrogens with two attached hydrogens (primary N) is 1. The van der Waals surface area contributed by atoms with Crippen molar-refractivity contribution in [3.8, 4) is 5.75 Å². The standard InChI is InChI=1S/C15H16F2N2O/c1-9(10-5-3-4-6-11(10)16)19-14-8-15(20-2)13(18)7-12(14)17/h3-9,19H,18H2,1-2H3. The number of methoxy groups -OCH3 is 1. The van der Waals surface area contributed by atoms with Crippen molar-refractivity contribution in [2.45, 2.75) is 13.0 Å². The van der Waals surface area contributed by atoms with Gasteiger partial charge in [0.25, 0.3) is 0 Å². The fraction of sp³-hybridized carbons (Fsp3) is 0.200. The second kappa shape index (κ2) is 5.77. The maximum absolute atomic E-state index is 13.9. The zero-order valence-corrected chi connectivity index (χ0v) is 11.3. The molecule has 0 spiro atoms. The molecule has 0 aliphatic rings. The molecule has 3 nitrogen and oxygen atoms in total. The number of nitrogens with one attached hydrogen (secondary N) is 1. The summed E-state index contributed by atoms with van der Waals surface area (Å²) in [7, 11) is 1.45. The normalized spacial score (nSPS) is 12.0. The van der Waals surface area contributed by atoms with Crippen LogP contribution in [0.5, 0.6) is 5.75 Å². The lowest BCUT2D eigenvalue weighted by molar-refractivity contribution is 0.416. The van der Waals surface area contributed by atoms with E-state index in [2.05, 4.69) is 5.32 Å². The maximum atomic E-state index is 13.9. The topological polar surface area (TPSA) is 47.3 Å². The number of ether oxygens (including phenoxy) is 1. The summed E-state index contributed by atoms with van der Waals surface area (Å²) in [6, 6.07) is 8.61. The second-order valence-electron chi connectivity index (χ2n) is 4.46. The first-order chi connectivity index (χ1) is 9.52. The smallest absolute Gasteiger partial charge is 0.148 e. The van der Waals surface area contributed by atoms with Crippen molar-refractivity contribution in [2.24, 2.45) is 0 Å². The number of rotatable bonds is 4. The van der Waals surface area contributed by atoms with Crippen LogP contribution in [0.1, 0.15) is 18.5 Å². The molecule has 0 amide bonds. The van der Waals surface area contributed by atoms with E-state index in [9.17, 15) is 8.78 Å². The second-order valence-corrected chi connectivity index (χ2v) is 4.46. The molecule has 3 N–H and O–H groups in total. The van der Waals surface area contributed by atoms with Crippen LogP contribution in [0, 0.1) is 11.6 Å². The van der Waals surface area contributed by atoms with E-state index in [1.807, 2.05) is 0 Å². The third-order valence-corrected chi connectivity index (χ3v) is 3.06. The highest BCUT2D eigenvalue weighted by Gasteiger charge is 2.14. The van der Waals surface area contributed by atoms with E-state index in [-0.39, 0.29) is 23.2 Å². The summed E-state index contributed by atoms with van der Waals surface area (Å²) < 4.78 is 32.6. The lowest BCUT2D eigenvalue weighted by Gasteiger charge is -2.18. The third-order valence-electron chi connectivity index (χ3n) is 3.06. The molecule has 1 atom stereocenters. The molecule has 2 aromatic carbocycles. The van der Waals surface area contributed by atoms with E-state index in [4.69, 9.17) is 10.5 Å². The van der Waals surface area contributed by atoms with Gasteiger partial charge >= 0.3 is 0 Å². The van der Waals surface area contributed by atoms with Crippen molar-refractivity contribution in [1.29, 1.82) is 0 Å². The van der Waals surface area contributed by atoms with Crippen LogP contribution in [0.15, 0.2) is 36.4 Å². The summed E-state index contributed by atoms with van der Waals surface area (Å²) in [4.78, 5) is 0. The Labute approximate surface area is 116 Å². The van der Waals surface area contributed by atoms with Crippen LogP contribution < -0.4 is 15.8 Å². The highest BCUT2D eigenvalue weighted by molar-refractivity contribution is 5.62. The summed E-state index contributed by atoms with van der Waals surface area (Å²) in [6.07, 6.45) is 0. The van der Waals surface area contributed by atoms with Gasteiger partial charge in [-0.05, 0) is 13.0 Å². The largest absolute Gasteiger partial charge is 0.495 e. The Balaban J connectivity index is 2.28. The summed E-state index contributed by atoms with van der Waals surface area (Å²) in [5.41, 5.74) is 6.51. The maximum Gasteiger partial charge on any atom is 0.148 e. The molecule has 5 heteroatoms. The Morgan fingerprint density at radius 1 is 1.15 bits per heavy atom. The van der Waals surface area contributed by atoms with E-state index in [0.717, 1.165) is 0 Å². The molecule has 0 saturated heterocycles. The molecule has 20 heavy (non-hydrogen) atoms. The highest BCUT2D eigenvalue weighted by atomic mass is 19.1. The first-order valence-electron chi connectivity index (χ1n) is 6.17. The number of anilines is 2. The van der Waals surface area contributed by atoms with Crippen LogP contribution in [0.25, 0.3) is 0 Å². The minimum Gasteiger partial charge on any atom is -0.495 e. The zero-order chi connectivity index (χ0) is 14.7. The molecular weight excluding hydrogens is 262 g/mol. The number of nitrogen functional groups attached to an aromatic ring is 1. The van der Waals surface area contributed by atoms with Gasteiger partial charge in [0.1, 0.15) is 17.4 Å². The molecule has 0 bridgehead atoms. The van der Waals surface area contributed by atoms with Gasteiger partial charge in [0.15, 0.2) is 0 Å². The third kappa shape index (κ3) is 2.82. The first kappa shape index (κ1) is 14.1. The molecule has 0 radical (unpaired) electrons. The minimum atomic E-state index is -0.508. The van der Waals surface area contributed by atoms with Crippen LogP contribution in [0.4, 0.5) is 20.2 Å². The van der Waals surface area contributed by atoms with Crippen LogP contribution in [0.3, 0.4) is 0 Å². The average molecular weight is 278 g/mol. The summed E-state index contributed by atoms with van der Waals surface area (Å²) in [5, 5.41) is 2.92. The molecule has 0 aliphatic carbocycles. The van der Waals surface area contributed by atoms with Crippen molar-refractivity contribution < 1.29 is 13.5 Å². The van der Waals surface area contributed by atoms with E-state index < -0.39 is 5.82 Å². The van der Waals surface area contributed by atoms with E-state index in [1.54, 1.807) is 25.1 Å². The van der Waals surface area contributed by atoms with Crippen LogP contribution in [-0.2, 0) is 0 Å². The van der Waals surface area contributed by atoms with Gasteiger partial charge in [0.05, 0.1) is 24.5 Å². The van der Waals surface area contributed by atoms with Crippen LogP contribution in [-0.4, -0.2) is 7.11 Å². The number of hydrogen-bond acceptors (Lipinski definition) is 3. The van der Waals surface area contributed by atoms with Crippen molar-refractivity contribution in [2.75, 3.05) is 18.2 Å². The lowest BCUT2D eigenvalue weighted by atomic mass is 10.1. The Hall–Kier alpha value is -2.30. The predicted molar refractivity (Wildman–Crippen MR) is 75.8 cm³/mol.